The number of aryl methyl sites for hydroxylation is 1. The van der Waals surface area contributed by atoms with Gasteiger partial charge in [-0.25, -0.2) is 19.3 Å². The van der Waals surface area contributed by atoms with E-state index in [1.54, 1.807) is 28.7 Å². The summed E-state index contributed by atoms with van der Waals surface area (Å²) in [6.07, 6.45) is 0. The lowest BCUT2D eigenvalue weighted by atomic mass is 10.3. The van der Waals surface area contributed by atoms with Gasteiger partial charge in [0.2, 0.25) is 0 Å². The molecule has 5 aromatic rings. The number of aromatic nitrogens is 3. The highest BCUT2D eigenvalue weighted by molar-refractivity contribution is 7.25. The van der Waals surface area contributed by atoms with E-state index in [1.165, 1.54) is 17.4 Å². The zero-order valence-electron chi connectivity index (χ0n) is 12.3. The summed E-state index contributed by atoms with van der Waals surface area (Å²) in [7, 11) is 0. The number of thiazole rings is 3. The Morgan fingerprint density at radius 2 is 1.71 bits per heavy atom. The van der Waals surface area contributed by atoms with Crippen LogP contribution >= 0.6 is 34.0 Å². The number of para-hydroxylation sites is 1. The fourth-order valence-corrected chi connectivity index (χ4v) is 5.40. The molecule has 118 valence electrons. The molecule has 0 fully saturated rings. The van der Waals surface area contributed by atoms with E-state index >= 15 is 0 Å². The first kappa shape index (κ1) is 14.2. The monoisotopic (exact) mass is 372 g/mol. The van der Waals surface area contributed by atoms with Crippen molar-refractivity contribution >= 4 is 74.9 Å². The molecule has 0 aliphatic heterocycles. The normalized spacial score (nSPS) is 11.8. The molecule has 0 atom stereocenters. The second kappa shape index (κ2) is 5.17. The standard InChI is InChI=1S/C16H9FN4S3/c1-7-18-13-11(22-7)6-5-9-14(13)24-15(19-9)21-16-20-12-8(17)3-2-4-10(12)23-16/h2-6H,1H3,(H,19,20,21). The summed E-state index contributed by atoms with van der Waals surface area (Å²) < 4.78 is 16.8. The third-order valence-electron chi connectivity index (χ3n) is 3.60. The van der Waals surface area contributed by atoms with Gasteiger partial charge in [-0.15, -0.1) is 11.3 Å². The Morgan fingerprint density at radius 1 is 0.875 bits per heavy atom. The van der Waals surface area contributed by atoms with Crippen LogP contribution < -0.4 is 5.32 Å². The summed E-state index contributed by atoms with van der Waals surface area (Å²) in [5.74, 6) is -0.305. The molecule has 3 heterocycles. The lowest BCUT2D eigenvalue weighted by molar-refractivity contribution is 0.637. The molecule has 0 saturated heterocycles. The smallest absolute Gasteiger partial charge is 0.190 e. The Balaban J connectivity index is 1.60. The van der Waals surface area contributed by atoms with Crippen molar-refractivity contribution in [3.8, 4) is 0 Å². The molecule has 4 nitrogen and oxygen atoms in total. The van der Waals surface area contributed by atoms with Crippen LogP contribution in [0.3, 0.4) is 0 Å². The van der Waals surface area contributed by atoms with Gasteiger partial charge in [0.15, 0.2) is 10.3 Å². The molecule has 0 bridgehead atoms. The molecule has 0 radical (unpaired) electrons. The van der Waals surface area contributed by atoms with E-state index in [4.69, 9.17) is 0 Å². The average Bonchev–Trinajstić information content (AvgIpc) is 3.22. The van der Waals surface area contributed by atoms with E-state index in [0.29, 0.717) is 10.6 Å². The van der Waals surface area contributed by atoms with Gasteiger partial charge in [-0.2, -0.15) is 0 Å². The van der Waals surface area contributed by atoms with Gasteiger partial charge in [0, 0.05) is 0 Å². The maximum Gasteiger partial charge on any atom is 0.190 e. The number of rotatable bonds is 2. The SMILES string of the molecule is Cc1nc2c(ccc3nc(Nc4nc5c(F)cccc5s4)sc32)s1. The van der Waals surface area contributed by atoms with Crippen LogP contribution in [0.15, 0.2) is 30.3 Å². The molecule has 5 rings (SSSR count). The van der Waals surface area contributed by atoms with Crippen molar-refractivity contribution in [3.63, 3.8) is 0 Å². The largest absolute Gasteiger partial charge is 0.307 e. The third kappa shape index (κ3) is 2.18. The van der Waals surface area contributed by atoms with Crippen LogP contribution in [-0.4, -0.2) is 15.0 Å². The summed E-state index contributed by atoms with van der Waals surface area (Å²) in [6, 6.07) is 9.04. The molecule has 8 heteroatoms. The molecule has 0 amide bonds. The van der Waals surface area contributed by atoms with Gasteiger partial charge < -0.3 is 5.32 Å². The second-order valence-electron chi connectivity index (χ2n) is 5.24. The van der Waals surface area contributed by atoms with Crippen LogP contribution in [0.2, 0.25) is 0 Å². The molecule has 0 spiro atoms. The molecule has 24 heavy (non-hydrogen) atoms. The first-order valence-electron chi connectivity index (χ1n) is 7.16. The summed E-state index contributed by atoms with van der Waals surface area (Å²) in [6.45, 7) is 2.01. The van der Waals surface area contributed by atoms with E-state index in [0.717, 1.165) is 35.3 Å². The molecule has 0 saturated carbocycles. The van der Waals surface area contributed by atoms with E-state index in [-0.39, 0.29) is 5.82 Å². The van der Waals surface area contributed by atoms with Gasteiger partial charge in [-0.05, 0) is 31.2 Å². The average molecular weight is 372 g/mol. The molecule has 2 aromatic carbocycles. The summed E-state index contributed by atoms with van der Waals surface area (Å²) in [4.78, 5) is 13.5. The van der Waals surface area contributed by atoms with E-state index in [2.05, 4.69) is 26.3 Å². The van der Waals surface area contributed by atoms with Crippen LogP contribution in [-0.2, 0) is 0 Å². The van der Waals surface area contributed by atoms with Crippen molar-refractivity contribution in [1.29, 1.82) is 0 Å². The lowest BCUT2D eigenvalue weighted by Crippen LogP contribution is -1.87. The van der Waals surface area contributed by atoms with Gasteiger partial charge in [0.05, 0.1) is 24.6 Å². The molecule has 3 aromatic heterocycles. The lowest BCUT2D eigenvalue weighted by Gasteiger charge is -1.93. The van der Waals surface area contributed by atoms with E-state index < -0.39 is 0 Å². The van der Waals surface area contributed by atoms with Crippen LogP contribution in [0.5, 0.6) is 0 Å². The zero-order valence-corrected chi connectivity index (χ0v) is 14.8. The Kier molecular flexibility index (Phi) is 3.06. The number of hydrogen-bond donors (Lipinski definition) is 1. The van der Waals surface area contributed by atoms with E-state index in [1.807, 2.05) is 19.1 Å². The van der Waals surface area contributed by atoms with Crippen molar-refractivity contribution in [2.24, 2.45) is 0 Å². The highest BCUT2D eigenvalue weighted by Crippen LogP contribution is 2.37. The Hall–Kier alpha value is -2.16. The predicted molar refractivity (Wildman–Crippen MR) is 100 cm³/mol. The first-order chi connectivity index (χ1) is 11.7. The number of halogens is 1. The third-order valence-corrected chi connectivity index (χ3v) is 6.47. The number of hydrogen-bond acceptors (Lipinski definition) is 7. The summed E-state index contributed by atoms with van der Waals surface area (Å²) in [5.41, 5.74) is 2.30. The highest BCUT2D eigenvalue weighted by atomic mass is 32.1. The van der Waals surface area contributed by atoms with Gasteiger partial charge in [0.25, 0.3) is 0 Å². The molecule has 1 N–H and O–H groups in total. The van der Waals surface area contributed by atoms with Crippen LogP contribution in [0.4, 0.5) is 14.7 Å². The Bertz CT molecular complexity index is 1220. The van der Waals surface area contributed by atoms with Crippen LogP contribution in [0, 0.1) is 12.7 Å². The number of benzene rings is 2. The van der Waals surface area contributed by atoms with Crippen molar-refractivity contribution in [1.82, 2.24) is 15.0 Å². The van der Waals surface area contributed by atoms with Gasteiger partial charge in [-0.3, -0.25) is 0 Å². The molecule has 0 aliphatic carbocycles. The number of nitrogens with one attached hydrogen (secondary N) is 1. The number of anilines is 2. The second-order valence-corrected chi connectivity index (χ2v) is 8.51. The van der Waals surface area contributed by atoms with Gasteiger partial charge in [0.1, 0.15) is 16.9 Å². The zero-order chi connectivity index (χ0) is 16.3. The maximum absolute atomic E-state index is 13.8. The quantitative estimate of drug-likeness (QED) is 0.431. The molecular formula is C16H9FN4S3. The molecular weight excluding hydrogens is 363 g/mol. The highest BCUT2D eigenvalue weighted by Gasteiger charge is 2.13. The van der Waals surface area contributed by atoms with Crippen molar-refractivity contribution in [2.75, 3.05) is 5.32 Å². The van der Waals surface area contributed by atoms with Gasteiger partial charge in [-0.1, -0.05) is 28.7 Å². The Morgan fingerprint density at radius 3 is 2.58 bits per heavy atom. The van der Waals surface area contributed by atoms with Crippen LogP contribution in [0.1, 0.15) is 5.01 Å². The maximum atomic E-state index is 13.8. The summed E-state index contributed by atoms with van der Waals surface area (Å²) in [5, 5.41) is 5.63. The van der Waals surface area contributed by atoms with Crippen molar-refractivity contribution < 1.29 is 4.39 Å². The fourth-order valence-electron chi connectivity index (χ4n) is 2.60. The Labute approximate surface area is 147 Å². The van der Waals surface area contributed by atoms with E-state index in [9.17, 15) is 4.39 Å². The number of fused-ring (bicyclic) bond motifs is 4. The minimum absolute atomic E-state index is 0.305. The van der Waals surface area contributed by atoms with Crippen molar-refractivity contribution in [2.45, 2.75) is 6.92 Å². The van der Waals surface area contributed by atoms with Gasteiger partial charge >= 0.3 is 0 Å². The van der Waals surface area contributed by atoms with Crippen LogP contribution in [0.25, 0.3) is 30.6 Å². The topological polar surface area (TPSA) is 50.7 Å². The molecule has 0 aliphatic rings. The minimum Gasteiger partial charge on any atom is -0.307 e. The van der Waals surface area contributed by atoms with Crippen molar-refractivity contribution in [3.05, 3.63) is 41.2 Å². The summed E-state index contributed by atoms with van der Waals surface area (Å²) >= 11 is 4.64. The fraction of sp³-hybridized carbons (Fsp3) is 0.0625. The minimum atomic E-state index is -0.305. The molecule has 0 unspecified atom stereocenters. The first-order valence-corrected chi connectivity index (χ1v) is 9.61. The number of nitrogens with zero attached hydrogens (tertiary/aromatic N) is 3. The predicted octanol–water partition coefficient (Wildman–Crippen LogP) is 5.71.